The molecule has 0 saturated carbocycles. The van der Waals surface area contributed by atoms with Crippen molar-refractivity contribution in [1.29, 1.82) is 0 Å². The molecule has 0 aliphatic rings. The monoisotopic (exact) mass is 447 g/mol. The number of amides is 1. The fraction of sp³-hybridized carbons (Fsp3) is 0.125. The third-order valence-electron chi connectivity index (χ3n) is 4.77. The Kier molecular flexibility index (Phi) is 6.42. The van der Waals surface area contributed by atoms with Gasteiger partial charge in [0.1, 0.15) is 17.2 Å². The summed E-state index contributed by atoms with van der Waals surface area (Å²) < 4.78 is 10.4. The number of hydrogen-bond donors (Lipinski definition) is 2. The van der Waals surface area contributed by atoms with E-state index in [4.69, 9.17) is 9.47 Å². The van der Waals surface area contributed by atoms with Gasteiger partial charge in [-0.25, -0.2) is 4.98 Å². The van der Waals surface area contributed by atoms with Crippen molar-refractivity contribution in [3.05, 3.63) is 88.3 Å². The molecule has 0 saturated heterocycles. The number of hydrogen-bond acceptors (Lipinski definition) is 6. The average molecular weight is 448 g/mol. The van der Waals surface area contributed by atoms with Crippen molar-refractivity contribution in [2.75, 3.05) is 19.5 Å². The summed E-state index contributed by atoms with van der Waals surface area (Å²) in [7, 11) is 3.07. The Balaban J connectivity index is 1.42. The van der Waals surface area contributed by atoms with Crippen LogP contribution in [0.1, 0.15) is 16.1 Å². The van der Waals surface area contributed by atoms with Crippen LogP contribution in [0.4, 0.5) is 5.69 Å². The number of rotatable bonds is 7. The first-order valence-electron chi connectivity index (χ1n) is 9.81. The lowest BCUT2D eigenvalue weighted by molar-refractivity contribution is 0.102. The van der Waals surface area contributed by atoms with E-state index < -0.39 is 0 Å². The average Bonchev–Trinajstić information content (AvgIpc) is 2.83. The molecule has 8 heteroatoms. The summed E-state index contributed by atoms with van der Waals surface area (Å²) in [5, 5.41) is 2.86. The van der Waals surface area contributed by atoms with Crippen LogP contribution < -0.4 is 20.3 Å². The lowest BCUT2D eigenvalue weighted by Gasteiger charge is -2.10. The number of carbonyl (C=O) groups excluding carboxylic acids is 1. The van der Waals surface area contributed by atoms with Gasteiger partial charge in [-0.1, -0.05) is 12.1 Å². The summed E-state index contributed by atoms with van der Waals surface area (Å²) in [6, 6.07) is 19.9. The lowest BCUT2D eigenvalue weighted by atomic mass is 10.2. The summed E-state index contributed by atoms with van der Waals surface area (Å²) in [6.07, 6.45) is 0. The van der Waals surface area contributed by atoms with Crippen molar-refractivity contribution in [1.82, 2.24) is 9.97 Å². The van der Waals surface area contributed by atoms with Gasteiger partial charge in [0.2, 0.25) is 0 Å². The normalized spacial score (nSPS) is 10.7. The molecule has 1 aromatic heterocycles. The Labute approximate surface area is 188 Å². The second kappa shape index (κ2) is 9.57. The van der Waals surface area contributed by atoms with Crippen LogP contribution in [-0.2, 0) is 5.75 Å². The number of H-pyrrole nitrogens is 1. The largest absolute Gasteiger partial charge is 0.497 e. The van der Waals surface area contributed by atoms with E-state index in [1.165, 1.54) is 26.0 Å². The van der Waals surface area contributed by atoms with Crippen molar-refractivity contribution < 1.29 is 14.3 Å². The van der Waals surface area contributed by atoms with E-state index in [9.17, 15) is 9.59 Å². The van der Waals surface area contributed by atoms with Gasteiger partial charge in [0.15, 0.2) is 0 Å². The van der Waals surface area contributed by atoms with Crippen LogP contribution in [0, 0.1) is 0 Å². The van der Waals surface area contributed by atoms with Gasteiger partial charge < -0.3 is 19.8 Å². The minimum Gasteiger partial charge on any atom is -0.497 e. The number of ether oxygens (including phenoxy) is 2. The molecule has 0 fully saturated rings. The van der Waals surface area contributed by atoms with Gasteiger partial charge in [0.05, 0.1) is 25.3 Å². The maximum absolute atomic E-state index is 12.6. The smallest absolute Gasteiger partial charge is 0.271 e. The first-order valence-corrected chi connectivity index (χ1v) is 10.8. The van der Waals surface area contributed by atoms with Gasteiger partial charge in [-0.05, 0) is 48.5 Å². The molecule has 32 heavy (non-hydrogen) atoms. The van der Waals surface area contributed by atoms with Crippen LogP contribution in [0.15, 0.2) is 76.4 Å². The van der Waals surface area contributed by atoms with Gasteiger partial charge in [-0.3, -0.25) is 9.59 Å². The van der Waals surface area contributed by atoms with Gasteiger partial charge >= 0.3 is 0 Å². The summed E-state index contributed by atoms with van der Waals surface area (Å²) >= 11 is 1.50. The molecule has 0 spiro atoms. The van der Waals surface area contributed by atoms with E-state index in [0.717, 1.165) is 15.9 Å². The molecule has 7 nitrogen and oxygen atoms in total. The molecule has 1 heterocycles. The molecule has 4 rings (SSSR count). The molecule has 1 amide bonds. The Hall–Kier alpha value is -3.78. The molecule has 0 atom stereocenters. The number of aromatic amines is 1. The topological polar surface area (TPSA) is 93.3 Å². The molecule has 0 aliphatic carbocycles. The van der Waals surface area contributed by atoms with Crippen LogP contribution in [0.5, 0.6) is 11.5 Å². The van der Waals surface area contributed by atoms with E-state index in [2.05, 4.69) is 15.3 Å². The summed E-state index contributed by atoms with van der Waals surface area (Å²) in [4.78, 5) is 33.2. The molecule has 2 N–H and O–H groups in total. The van der Waals surface area contributed by atoms with Crippen LogP contribution in [0.2, 0.25) is 0 Å². The Morgan fingerprint density at radius 2 is 1.69 bits per heavy atom. The minimum atomic E-state index is -0.269. The zero-order valence-electron chi connectivity index (χ0n) is 17.5. The van der Waals surface area contributed by atoms with Gasteiger partial charge in [-0.15, -0.1) is 11.8 Å². The highest BCUT2D eigenvalue weighted by molar-refractivity contribution is 7.98. The Bertz CT molecular complexity index is 1300. The van der Waals surface area contributed by atoms with E-state index in [1.54, 1.807) is 18.2 Å². The third kappa shape index (κ3) is 4.92. The SMILES string of the molecule is COc1cc(OC)cc(C(=O)Nc2ccc(SCc3nc4ccccc4[nH]c3=O)cc2)c1. The van der Waals surface area contributed by atoms with Crippen LogP contribution in [-0.4, -0.2) is 30.1 Å². The van der Waals surface area contributed by atoms with Crippen molar-refractivity contribution in [2.45, 2.75) is 10.6 Å². The molecule has 3 aromatic carbocycles. The minimum absolute atomic E-state index is 0.186. The lowest BCUT2D eigenvalue weighted by Crippen LogP contribution is -2.14. The van der Waals surface area contributed by atoms with E-state index in [-0.39, 0.29) is 11.5 Å². The number of anilines is 1. The first-order chi connectivity index (χ1) is 15.6. The van der Waals surface area contributed by atoms with Crippen molar-refractivity contribution in [3.63, 3.8) is 0 Å². The summed E-state index contributed by atoms with van der Waals surface area (Å²) in [6.45, 7) is 0. The van der Waals surface area contributed by atoms with Gasteiger partial charge in [-0.2, -0.15) is 0 Å². The zero-order chi connectivity index (χ0) is 22.5. The van der Waals surface area contributed by atoms with Gasteiger partial charge in [0, 0.05) is 28.0 Å². The fourth-order valence-corrected chi connectivity index (χ4v) is 3.92. The maximum Gasteiger partial charge on any atom is 0.271 e. The van der Waals surface area contributed by atoms with Crippen molar-refractivity contribution in [2.24, 2.45) is 0 Å². The zero-order valence-corrected chi connectivity index (χ0v) is 18.4. The number of nitrogens with one attached hydrogen (secondary N) is 2. The highest BCUT2D eigenvalue weighted by atomic mass is 32.2. The number of aromatic nitrogens is 2. The second-order valence-electron chi connectivity index (χ2n) is 6.90. The van der Waals surface area contributed by atoms with Crippen molar-refractivity contribution in [3.8, 4) is 11.5 Å². The molecule has 0 aliphatic heterocycles. The number of methoxy groups -OCH3 is 2. The number of benzene rings is 3. The first kappa shape index (κ1) is 21.5. The number of carbonyl (C=O) groups is 1. The van der Waals surface area contributed by atoms with Crippen molar-refractivity contribution >= 4 is 34.4 Å². The van der Waals surface area contributed by atoms with Crippen LogP contribution in [0.25, 0.3) is 11.0 Å². The van der Waals surface area contributed by atoms with Gasteiger partial charge in [0.25, 0.3) is 11.5 Å². The maximum atomic E-state index is 12.6. The quantitative estimate of drug-likeness (QED) is 0.406. The van der Waals surface area contributed by atoms with E-state index >= 15 is 0 Å². The van der Waals surface area contributed by atoms with E-state index in [0.29, 0.717) is 34.2 Å². The Morgan fingerprint density at radius 3 is 2.38 bits per heavy atom. The fourth-order valence-electron chi connectivity index (χ4n) is 3.09. The number of nitrogens with zero attached hydrogens (tertiary/aromatic N) is 1. The molecule has 4 aromatic rings. The number of fused-ring (bicyclic) bond motifs is 1. The van der Waals surface area contributed by atoms with E-state index in [1.807, 2.05) is 48.5 Å². The number of para-hydroxylation sites is 2. The molecule has 162 valence electrons. The highest BCUT2D eigenvalue weighted by Crippen LogP contribution is 2.25. The standard InChI is InChI=1S/C24H21N3O4S/c1-30-17-11-15(12-18(13-17)31-2)23(28)25-16-7-9-19(10-8-16)32-14-22-24(29)27-21-6-4-3-5-20(21)26-22/h3-13H,14H2,1-2H3,(H,25,28)(H,27,29). The molecular formula is C24H21N3O4S. The molecule has 0 radical (unpaired) electrons. The summed E-state index contributed by atoms with van der Waals surface area (Å²) in [5.74, 6) is 1.25. The third-order valence-corrected chi connectivity index (χ3v) is 5.79. The molecular weight excluding hydrogens is 426 g/mol. The second-order valence-corrected chi connectivity index (χ2v) is 7.95. The van der Waals surface area contributed by atoms with Crippen LogP contribution in [0.3, 0.4) is 0 Å². The summed E-state index contributed by atoms with van der Waals surface area (Å²) in [5.41, 5.74) is 2.85. The molecule has 0 unspecified atom stereocenters. The predicted molar refractivity (Wildman–Crippen MR) is 126 cm³/mol. The Morgan fingerprint density at radius 1 is 1.00 bits per heavy atom. The molecule has 0 bridgehead atoms. The number of thioether (sulfide) groups is 1. The van der Waals surface area contributed by atoms with Crippen LogP contribution >= 0.6 is 11.8 Å². The highest BCUT2D eigenvalue weighted by Gasteiger charge is 2.11. The predicted octanol–water partition coefficient (Wildman–Crippen LogP) is 4.48.